The van der Waals surface area contributed by atoms with Crippen LogP contribution >= 0.6 is 11.3 Å². The maximum Gasteiger partial charge on any atom is 0.205 e. The van der Waals surface area contributed by atoms with Crippen LogP contribution in [0.1, 0.15) is 22.3 Å². The first-order valence-electron chi connectivity index (χ1n) is 8.57. The van der Waals surface area contributed by atoms with Crippen molar-refractivity contribution in [1.82, 2.24) is 4.68 Å². The number of benzene rings is 2. The Hall–Kier alpha value is -2.86. The third-order valence-corrected chi connectivity index (χ3v) is 5.43. The third kappa shape index (κ3) is 3.80. The molecule has 3 rings (SSSR count). The minimum absolute atomic E-state index is 0.105. The lowest BCUT2D eigenvalue weighted by Gasteiger charge is -2.10. The molecule has 0 fully saturated rings. The van der Waals surface area contributed by atoms with Gasteiger partial charge >= 0.3 is 0 Å². The highest BCUT2D eigenvalue weighted by Gasteiger charge is 2.11. The van der Waals surface area contributed by atoms with E-state index in [1.165, 1.54) is 23.8 Å². The van der Waals surface area contributed by atoms with Gasteiger partial charge in [-0.15, -0.1) is 11.3 Å². The summed E-state index contributed by atoms with van der Waals surface area (Å²) >= 11 is 1.55. The van der Waals surface area contributed by atoms with E-state index in [0.717, 1.165) is 21.6 Å². The lowest BCUT2D eigenvalue weighted by atomic mass is 9.99. The molecule has 1 aromatic heterocycles. The molecular formula is C21H23N3O2S. The van der Waals surface area contributed by atoms with Crippen molar-refractivity contribution in [2.75, 3.05) is 14.2 Å². The van der Waals surface area contributed by atoms with Crippen LogP contribution in [0.25, 0.3) is 11.3 Å². The van der Waals surface area contributed by atoms with Gasteiger partial charge in [0, 0.05) is 18.0 Å². The summed E-state index contributed by atoms with van der Waals surface area (Å²) in [6, 6.07) is 9.52. The van der Waals surface area contributed by atoms with Gasteiger partial charge in [-0.2, -0.15) is 5.10 Å². The quantitative estimate of drug-likeness (QED) is 0.686. The number of aromatic nitrogens is 1. The van der Waals surface area contributed by atoms with E-state index < -0.39 is 0 Å². The first-order chi connectivity index (χ1) is 12.9. The van der Waals surface area contributed by atoms with Crippen molar-refractivity contribution in [2.45, 2.75) is 20.8 Å². The lowest BCUT2D eigenvalue weighted by molar-refractivity contribution is 0.373. The Kier molecular flexibility index (Phi) is 5.46. The van der Waals surface area contributed by atoms with Gasteiger partial charge in [0.2, 0.25) is 4.80 Å². The Balaban J connectivity index is 2.09. The van der Waals surface area contributed by atoms with E-state index >= 15 is 0 Å². The van der Waals surface area contributed by atoms with Crippen LogP contribution in [0.3, 0.4) is 0 Å². The standard InChI is InChI=1S/C21H23N3O2S/c1-13-8-15(3)17(9-14(13)2)18-12-27-21(22-4)24(18)23-11-16-6-7-19(25)20(10-16)26-5/h6-12,25H,1-5H3/b22-21?,23-11+. The highest BCUT2D eigenvalue weighted by Crippen LogP contribution is 2.28. The first kappa shape index (κ1) is 18.9. The van der Waals surface area contributed by atoms with Gasteiger partial charge in [-0.1, -0.05) is 6.07 Å². The summed E-state index contributed by atoms with van der Waals surface area (Å²) < 4.78 is 7.01. The average molecular weight is 382 g/mol. The molecule has 0 spiro atoms. The van der Waals surface area contributed by atoms with Crippen molar-refractivity contribution in [1.29, 1.82) is 0 Å². The van der Waals surface area contributed by atoms with Crippen LogP contribution in [-0.4, -0.2) is 30.2 Å². The molecule has 6 heteroatoms. The Morgan fingerprint density at radius 1 is 1.07 bits per heavy atom. The molecule has 0 aliphatic rings. The topological polar surface area (TPSA) is 59.1 Å². The summed E-state index contributed by atoms with van der Waals surface area (Å²) in [5.74, 6) is 0.522. The molecule has 140 valence electrons. The van der Waals surface area contributed by atoms with Gasteiger partial charge in [0.25, 0.3) is 0 Å². The van der Waals surface area contributed by atoms with Crippen LogP contribution in [-0.2, 0) is 0 Å². The van der Waals surface area contributed by atoms with Crippen LogP contribution in [0.15, 0.2) is 45.8 Å². The second kappa shape index (κ2) is 7.80. The van der Waals surface area contributed by atoms with Crippen LogP contribution in [0.4, 0.5) is 0 Å². The van der Waals surface area contributed by atoms with Crippen molar-refractivity contribution >= 4 is 17.6 Å². The number of methoxy groups -OCH3 is 1. The zero-order valence-electron chi connectivity index (χ0n) is 16.1. The van der Waals surface area contributed by atoms with E-state index in [4.69, 9.17) is 4.74 Å². The number of aromatic hydroxyl groups is 1. The number of thiazole rings is 1. The summed E-state index contributed by atoms with van der Waals surface area (Å²) in [5.41, 5.74) is 6.70. The minimum Gasteiger partial charge on any atom is -0.504 e. The lowest BCUT2D eigenvalue weighted by Crippen LogP contribution is -2.12. The number of phenolic OH excluding ortho intramolecular Hbond substituents is 1. The normalized spacial score (nSPS) is 12.1. The molecule has 3 aromatic rings. The highest BCUT2D eigenvalue weighted by atomic mass is 32.1. The fourth-order valence-electron chi connectivity index (χ4n) is 2.88. The zero-order chi connectivity index (χ0) is 19.6. The monoisotopic (exact) mass is 381 g/mol. The van der Waals surface area contributed by atoms with Crippen LogP contribution in [0, 0.1) is 20.8 Å². The van der Waals surface area contributed by atoms with E-state index in [9.17, 15) is 5.11 Å². The van der Waals surface area contributed by atoms with Crippen LogP contribution in [0.5, 0.6) is 11.5 Å². The maximum absolute atomic E-state index is 9.75. The van der Waals surface area contributed by atoms with E-state index in [2.05, 4.69) is 48.4 Å². The average Bonchev–Trinajstić information content (AvgIpc) is 3.06. The molecule has 1 N–H and O–H groups in total. The second-order valence-corrected chi connectivity index (χ2v) is 7.20. The maximum atomic E-state index is 9.75. The highest BCUT2D eigenvalue weighted by molar-refractivity contribution is 7.07. The van der Waals surface area contributed by atoms with Gasteiger partial charge in [0.1, 0.15) is 0 Å². The largest absolute Gasteiger partial charge is 0.504 e. The van der Waals surface area contributed by atoms with Crippen molar-refractivity contribution in [3.63, 3.8) is 0 Å². The van der Waals surface area contributed by atoms with Gasteiger partial charge < -0.3 is 9.84 Å². The predicted octanol–water partition coefficient (Wildman–Crippen LogP) is 4.27. The summed E-state index contributed by atoms with van der Waals surface area (Å²) in [7, 11) is 3.29. The van der Waals surface area contributed by atoms with Gasteiger partial charge in [0.15, 0.2) is 11.5 Å². The SMILES string of the molecule is CN=c1scc(-c2cc(C)c(C)cc2C)n1/N=C/c1ccc(O)c(OC)c1. The molecule has 5 nitrogen and oxygen atoms in total. The Morgan fingerprint density at radius 2 is 1.81 bits per heavy atom. The zero-order valence-corrected chi connectivity index (χ0v) is 17.0. The van der Waals surface area contributed by atoms with Crippen molar-refractivity contribution < 1.29 is 9.84 Å². The van der Waals surface area contributed by atoms with Crippen LogP contribution < -0.4 is 9.54 Å². The van der Waals surface area contributed by atoms with Crippen molar-refractivity contribution in [3.05, 3.63) is 62.8 Å². The van der Waals surface area contributed by atoms with Gasteiger partial charge in [-0.25, -0.2) is 4.68 Å². The number of hydrogen-bond donors (Lipinski definition) is 1. The molecule has 0 unspecified atom stereocenters. The van der Waals surface area contributed by atoms with Crippen LogP contribution in [0.2, 0.25) is 0 Å². The van der Waals surface area contributed by atoms with E-state index in [1.54, 1.807) is 42.8 Å². The molecule has 0 atom stereocenters. The molecule has 0 bridgehead atoms. The van der Waals surface area contributed by atoms with E-state index in [-0.39, 0.29) is 5.75 Å². The first-order valence-corrected chi connectivity index (χ1v) is 9.45. The molecule has 1 heterocycles. The molecule has 0 aliphatic carbocycles. The van der Waals surface area contributed by atoms with Crippen molar-refractivity contribution in [3.8, 4) is 22.8 Å². The third-order valence-electron chi connectivity index (χ3n) is 4.52. The molecule has 0 saturated heterocycles. The molecule has 0 saturated carbocycles. The number of hydrogen-bond acceptors (Lipinski definition) is 5. The number of ether oxygens (including phenoxy) is 1. The van der Waals surface area contributed by atoms with Gasteiger partial charge in [-0.05, 0) is 67.3 Å². The second-order valence-electron chi connectivity index (χ2n) is 6.37. The molecular weight excluding hydrogens is 358 g/mol. The predicted molar refractivity (Wildman–Crippen MR) is 111 cm³/mol. The minimum atomic E-state index is 0.105. The van der Waals surface area contributed by atoms with E-state index in [0.29, 0.717) is 5.75 Å². The Bertz CT molecular complexity index is 1080. The van der Waals surface area contributed by atoms with Gasteiger partial charge in [0.05, 0.1) is 19.0 Å². The summed E-state index contributed by atoms with van der Waals surface area (Å²) in [6.45, 7) is 6.35. The molecule has 2 aromatic carbocycles. The van der Waals surface area contributed by atoms with Gasteiger partial charge in [-0.3, -0.25) is 4.99 Å². The summed E-state index contributed by atoms with van der Waals surface area (Å²) in [5, 5.41) is 16.5. The Labute approximate surface area is 162 Å². The van der Waals surface area contributed by atoms with E-state index in [1.807, 2.05) is 4.68 Å². The number of aryl methyl sites for hydroxylation is 3. The number of phenols is 1. The number of rotatable bonds is 4. The summed E-state index contributed by atoms with van der Waals surface area (Å²) in [6.07, 6.45) is 1.74. The molecule has 27 heavy (non-hydrogen) atoms. The molecule has 0 amide bonds. The summed E-state index contributed by atoms with van der Waals surface area (Å²) in [4.78, 5) is 5.16. The molecule has 0 radical (unpaired) electrons. The number of nitrogens with zero attached hydrogens (tertiary/aromatic N) is 3. The smallest absolute Gasteiger partial charge is 0.205 e. The molecule has 0 aliphatic heterocycles. The fourth-order valence-corrected chi connectivity index (χ4v) is 3.68. The fraction of sp³-hybridized carbons (Fsp3) is 0.238. The van der Waals surface area contributed by atoms with Crippen molar-refractivity contribution in [2.24, 2.45) is 10.1 Å². The Morgan fingerprint density at radius 3 is 2.52 bits per heavy atom.